The molecule has 3 aromatic rings. The average molecular weight is 341 g/mol. The fourth-order valence-corrected chi connectivity index (χ4v) is 3.29. The molecular weight excluding hydrogens is 326 g/mol. The van der Waals surface area contributed by atoms with Crippen LogP contribution >= 0.6 is 11.3 Å². The summed E-state index contributed by atoms with van der Waals surface area (Å²) in [7, 11) is 1.64. The van der Waals surface area contributed by atoms with Gasteiger partial charge in [-0.05, 0) is 29.8 Å². The molecule has 0 fully saturated rings. The number of ketones is 2. The van der Waals surface area contributed by atoms with Gasteiger partial charge in [-0.2, -0.15) is 0 Å². The van der Waals surface area contributed by atoms with Crippen LogP contribution < -0.4 is 4.74 Å². The van der Waals surface area contributed by atoms with Crippen LogP contribution in [0.5, 0.6) is 5.75 Å². The van der Waals surface area contributed by atoms with Crippen LogP contribution in [0, 0.1) is 0 Å². The van der Waals surface area contributed by atoms with Crippen molar-refractivity contribution in [2.24, 2.45) is 0 Å². The molecule has 0 spiro atoms. The van der Waals surface area contributed by atoms with E-state index in [4.69, 9.17) is 4.74 Å². The maximum atomic E-state index is 12.0. The fraction of sp³-hybridized carbons (Fsp3) is 0.176. The molecule has 3 rings (SSSR count). The maximum Gasteiger partial charge on any atom is 0.267 e. The van der Waals surface area contributed by atoms with Gasteiger partial charge in [-0.25, -0.2) is 4.98 Å². The van der Waals surface area contributed by atoms with Gasteiger partial charge in [0, 0.05) is 22.6 Å². The highest BCUT2D eigenvalue weighted by Crippen LogP contribution is 2.22. The van der Waals surface area contributed by atoms with Gasteiger partial charge in [-0.15, -0.1) is 16.4 Å². The highest BCUT2D eigenvalue weighted by atomic mass is 32.1. The lowest BCUT2D eigenvalue weighted by Gasteiger charge is -2.02. The third-order valence-electron chi connectivity index (χ3n) is 3.46. The summed E-state index contributed by atoms with van der Waals surface area (Å²) in [6, 6.07) is 11.7. The minimum absolute atomic E-state index is 0.0701. The lowest BCUT2D eigenvalue weighted by Crippen LogP contribution is -2.17. The van der Waals surface area contributed by atoms with Gasteiger partial charge in [0.05, 0.1) is 7.11 Å². The Labute approximate surface area is 142 Å². The van der Waals surface area contributed by atoms with Gasteiger partial charge in [0.25, 0.3) is 5.78 Å². The molecule has 6 nitrogen and oxygen atoms in total. The molecule has 2 aromatic heterocycles. The maximum absolute atomic E-state index is 12.0. The van der Waals surface area contributed by atoms with Gasteiger partial charge < -0.3 is 4.74 Å². The van der Waals surface area contributed by atoms with E-state index in [1.807, 2.05) is 36.4 Å². The summed E-state index contributed by atoms with van der Waals surface area (Å²) in [4.78, 5) is 29.6. The zero-order chi connectivity index (χ0) is 16.9. The van der Waals surface area contributed by atoms with E-state index < -0.39 is 11.6 Å². The van der Waals surface area contributed by atoms with Crippen molar-refractivity contribution < 1.29 is 14.3 Å². The number of nitrogens with zero attached hydrogens (tertiary/aromatic N) is 2. The van der Waals surface area contributed by atoms with Crippen molar-refractivity contribution in [1.29, 1.82) is 0 Å². The van der Waals surface area contributed by atoms with Crippen molar-refractivity contribution in [3.8, 4) is 5.75 Å². The Morgan fingerprint density at radius 2 is 1.88 bits per heavy atom. The largest absolute Gasteiger partial charge is 0.497 e. The number of rotatable bonds is 7. The molecule has 0 aliphatic carbocycles. The number of ether oxygens (including phenoxy) is 1. The Bertz CT molecular complexity index is 838. The third kappa shape index (κ3) is 3.75. The van der Waals surface area contributed by atoms with E-state index in [1.165, 1.54) is 17.7 Å². The van der Waals surface area contributed by atoms with Crippen molar-refractivity contribution in [3.05, 3.63) is 63.9 Å². The second kappa shape index (κ2) is 7.18. The topological polar surface area (TPSA) is 84.9 Å². The molecule has 1 aromatic carbocycles. The second-order valence-electron chi connectivity index (χ2n) is 5.14. The molecule has 0 radical (unpaired) electrons. The number of methoxy groups -OCH3 is 1. The predicted octanol–water partition coefficient (Wildman–Crippen LogP) is 2.46. The summed E-state index contributed by atoms with van der Waals surface area (Å²) in [5.74, 6) is -0.439. The molecule has 122 valence electrons. The molecule has 0 unspecified atom stereocenters. The van der Waals surface area contributed by atoms with Gasteiger partial charge in [-0.1, -0.05) is 12.1 Å². The molecule has 0 aliphatic heterocycles. The molecule has 0 amide bonds. The fourth-order valence-electron chi connectivity index (χ4n) is 2.24. The standard InChI is InChI=1S/C17H15N3O3S/c1-23-12-4-2-11(3-5-12)8-13-6-7-14(24-13)9-15(21)16(22)17-18-10-19-20-17/h2-7,10H,8-9H2,1H3,(H,18,19,20). The van der Waals surface area contributed by atoms with Crippen LogP contribution in [0.4, 0.5) is 0 Å². The number of hydrogen-bond donors (Lipinski definition) is 1. The molecule has 0 atom stereocenters. The zero-order valence-electron chi connectivity index (χ0n) is 13.0. The Balaban J connectivity index is 1.62. The van der Waals surface area contributed by atoms with E-state index in [1.54, 1.807) is 7.11 Å². The van der Waals surface area contributed by atoms with Crippen molar-refractivity contribution in [2.75, 3.05) is 7.11 Å². The number of benzene rings is 1. The van der Waals surface area contributed by atoms with Crippen LogP contribution in [0.1, 0.15) is 25.9 Å². The summed E-state index contributed by atoms with van der Waals surface area (Å²) >= 11 is 1.53. The number of aromatic nitrogens is 3. The summed E-state index contributed by atoms with van der Waals surface area (Å²) in [5.41, 5.74) is 1.16. The van der Waals surface area contributed by atoms with E-state index in [9.17, 15) is 9.59 Å². The number of Topliss-reactive ketones (excluding diaryl/α,β-unsaturated/α-hetero) is 2. The molecule has 24 heavy (non-hydrogen) atoms. The molecule has 0 saturated heterocycles. The number of hydrogen-bond acceptors (Lipinski definition) is 6. The number of aromatic amines is 1. The van der Waals surface area contributed by atoms with Crippen LogP contribution in [0.3, 0.4) is 0 Å². The van der Waals surface area contributed by atoms with E-state index in [-0.39, 0.29) is 12.2 Å². The summed E-state index contributed by atoms with van der Waals surface area (Å²) in [6.45, 7) is 0. The average Bonchev–Trinajstić information content (AvgIpc) is 3.27. The smallest absolute Gasteiger partial charge is 0.267 e. The number of carbonyl (C=O) groups is 2. The minimum Gasteiger partial charge on any atom is -0.497 e. The van der Waals surface area contributed by atoms with Crippen molar-refractivity contribution >= 4 is 22.9 Å². The van der Waals surface area contributed by atoms with Crippen molar-refractivity contribution in [3.63, 3.8) is 0 Å². The van der Waals surface area contributed by atoms with E-state index in [2.05, 4.69) is 15.2 Å². The van der Waals surface area contributed by atoms with Gasteiger partial charge >= 0.3 is 0 Å². The van der Waals surface area contributed by atoms with Gasteiger partial charge in [0.15, 0.2) is 0 Å². The molecule has 0 aliphatic rings. The molecule has 1 N–H and O–H groups in total. The third-order valence-corrected chi connectivity index (χ3v) is 4.55. The molecule has 2 heterocycles. The summed E-state index contributed by atoms with van der Waals surface area (Å²) in [5, 5.41) is 6.07. The lowest BCUT2D eigenvalue weighted by atomic mass is 10.1. The quantitative estimate of drug-likeness (QED) is 0.527. The Hall–Kier alpha value is -2.80. The Morgan fingerprint density at radius 3 is 2.54 bits per heavy atom. The monoisotopic (exact) mass is 341 g/mol. The normalized spacial score (nSPS) is 10.5. The van der Waals surface area contributed by atoms with E-state index >= 15 is 0 Å². The first-order valence-corrected chi connectivity index (χ1v) is 8.11. The second-order valence-corrected chi connectivity index (χ2v) is 6.40. The van der Waals surface area contributed by atoms with Gasteiger partial charge in [0.1, 0.15) is 12.1 Å². The van der Waals surface area contributed by atoms with Crippen LogP contribution in [0.2, 0.25) is 0 Å². The lowest BCUT2D eigenvalue weighted by molar-refractivity contribution is -0.114. The molecule has 0 saturated carbocycles. The highest BCUT2D eigenvalue weighted by molar-refractivity contribution is 7.12. The first-order valence-electron chi connectivity index (χ1n) is 7.29. The number of carbonyl (C=O) groups excluding carboxylic acids is 2. The van der Waals surface area contributed by atoms with E-state index in [0.717, 1.165) is 27.5 Å². The Kier molecular flexibility index (Phi) is 4.81. The van der Waals surface area contributed by atoms with Gasteiger partial charge in [0.2, 0.25) is 11.6 Å². The van der Waals surface area contributed by atoms with Crippen LogP contribution in [0.15, 0.2) is 42.7 Å². The first-order chi connectivity index (χ1) is 11.7. The number of H-pyrrole nitrogens is 1. The van der Waals surface area contributed by atoms with E-state index in [0.29, 0.717) is 0 Å². The first kappa shape index (κ1) is 16.1. The number of nitrogens with one attached hydrogen (secondary N) is 1. The predicted molar refractivity (Wildman–Crippen MR) is 89.5 cm³/mol. The molecular formula is C17H15N3O3S. The number of thiophene rings is 1. The minimum atomic E-state index is -0.665. The van der Waals surface area contributed by atoms with Crippen LogP contribution in [0.25, 0.3) is 0 Å². The zero-order valence-corrected chi connectivity index (χ0v) is 13.8. The van der Waals surface area contributed by atoms with Crippen LogP contribution in [-0.2, 0) is 17.6 Å². The van der Waals surface area contributed by atoms with Crippen molar-refractivity contribution in [1.82, 2.24) is 15.2 Å². The summed E-state index contributed by atoms with van der Waals surface area (Å²) < 4.78 is 5.14. The SMILES string of the molecule is COc1ccc(Cc2ccc(CC(=O)C(=O)c3nc[nH]n3)s2)cc1. The van der Waals surface area contributed by atoms with Crippen LogP contribution in [-0.4, -0.2) is 33.9 Å². The molecule has 0 bridgehead atoms. The van der Waals surface area contributed by atoms with Gasteiger partial charge in [-0.3, -0.25) is 14.7 Å². The summed E-state index contributed by atoms with van der Waals surface area (Å²) in [6.07, 6.45) is 2.12. The van der Waals surface area contributed by atoms with Crippen molar-refractivity contribution in [2.45, 2.75) is 12.8 Å². The highest BCUT2D eigenvalue weighted by Gasteiger charge is 2.20. The molecule has 7 heteroatoms. The Morgan fingerprint density at radius 1 is 1.12 bits per heavy atom.